The molecule has 0 unspecified atom stereocenters. The highest BCUT2D eigenvalue weighted by Gasteiger charge is 2.52. The van der Waals surface area contributed by atoms with Crippen molar-refractivity contribution < 1.29 is 16.4 Å². The normalized spacial score (nSPS) is 28.0. The summed E-state index contributed by atoms with van der Waals surface area (Å²) >= 11 is 0. The Labute approximate surface area is 156 Å². The van der Waals surface area contributed by atoms with Gasteiger partial charge in [-0.2, -0.15) is 0 Å². The highest BCUT2D eigenvalue weighted by molar-refractivity contribution is 6.62. The summed E-state index contributed by atoms with van der Waals surface area (Å²) in [6.07, 6.45) is 4.25. The van der Waals surface area contributed by atoms with Crippen LogP contribution in [0.25, 0.3) is 10.9 Å². The number of nitrogens with one attached hydrogen (secondary N) is 1. The second-order valence-corrected chi connectivity index (χ2v) is 8.85. The molecule has 4 nitrogen and oxygen atoms in total. The molecule has 6 heteroatoms. The van der Waals surface area contributed by atoms with Gasteiger partial charge in [0.05, 0.1) is 11.2 Å². The summed E-state index contributed by atoms with van der Waals surface area (Å²) in [7, 11) is -0.711. The number of aromatic nitrogens is 1. The van der Waals surface area contributed by atoms with Crippen molar-refractivity contribution in [1.82, 2.24) is 10.3 Å². The minimum absolute atomic E-state index is 0.173. The Balaban J connectivity index is 1.67. The van der Waals surface area contributed by atoms with E-state index in [1.165, 1.54) is 6.07 Å². The molecule has 1 saturated heterocycles. The zero-order chi connectivity index (χ0) is 20.1. The van der Waals surface area contributed by atoms with Crippen molar-refractivity contribution in [1.29, 1.82) is 0 Å². The first-order chi connectivity index (χ1) is 12.9. The lowest BCUT2D eigenvalue weighted by Crippen LogP contribution is -2.41. The number of pyridine rings is 1. The van der Waals surface area contributed by atoms with Crippen LogP contribution in [0.3, 0.4) is 0 Å². The first-order valence-corrected chi connectivity index (χ1v) is 9.20. The fraction of sp³-hybridized carbons (Fsp3) is 0.550. The summed E-state index contributed by atoms with van der Waals surface area (Å²) in [5.74, 6) is -0.493. The van der Waals surface area contributed by atoms with Crippen LogP contribution in [-0.2, 0) is 22.2 Å². The molecule has 26 heavy (non-hydrogen) atoms. The lowest BCUT2D eigenvalue weighted by Gasteiger charge is -2.32. The van der Waals surface area contributed by atoms with Crippen molar-refractivity contribution >= 4 is 23.5 Å². The van der Waals surface area contributed by atoms with E-state index in [9.17, 15) is 4.39 Å². The van der Waals surface area contributed by atoms with Crippen molar-refractivity contribution in [2.24, 2.45) is 0 Å². The van der Waals surface area contributed by atoms with Gasteiger partial charge in [-0.1, -0.05) is 6.07 Å². The monoisotopic (exact) mass is 356 g/mol. The van der Waals surface area contributed by atoms with E-state index in [4.69, 9.17) is 12.1 Å². The zero-order valence-corrected chi connectivity index (χ0v) is 15.6. The first kappa shape index (κ1) is 14.5. The van der Waals surface area contributed by atoms with Gasteiger partial charge in [-0.25, -0.2) is 4.39 Å². The molecule has 1 saturated carbocycles. The van der Waals surface area contributed by atoms with Gasteiger partial charge in [-0.3, -0.25) is 4.98 Å². The van der Waals surface area contributed by atoms with Gasteiger partial charge < -0.3 is 14.6 Å². The molecular weight excluding hydrogens is 330 g/mol. The molecule has 0 bridgehead atoms. The van der Waals surface area contributed by atoms with Gasteiger partial charge in [0, 0.05) is 26.4 Å². The molecular formula is C20H24BFN2O2. The van der Waals surface area contributed by atoms with E-state index in [0.717, 1.165) is 18.4 Å². The maximum Gasteiger partial charge on any atom is 0.494 e. The highest BCUT2D eigenvalue weighted by atomic mass is 19.1. The Bertz CT molecular complexity index is 991. The van der Waals surface area contributed by atoms with E-state index in [1.54, 1.807) is 12.3 Å². The maximum absolute atomic E-state index is 15.0. The molecule has 136 valence electrons. The number of rotatable bonds is 1. The van der Waals surface area contributed by atoms with E-state index >= 15 is 0 Å². The maximum atomic E-state index is 15.0. The molecule has 2 aromatic rings. The van der Waals surface area contributed by atoms with Crippen LogP contribution in [0.4, 0.5) is 4.39 Å². The fourth-order valence-corrected chi connectivity index (χ4v) is 3.78. The predicted octanol–water partition coefficient (Wildman–Crippen LogP) is 2.85. The largest absolute Gasteiger partial charge is 0.494 e. The molecule has 0 atom stereocenters. The van der Waals surface area contributed by atoms with E-state index in [2.05, 4.69) is 10.3 Å². The summed E-state index contributed by atoms with van der Waals surface area (Å²) in [4.78, 5) is 4.33. The van der Waals surface area contributed by atoms with Crippen LogP contribution >= 0.6 is 0 Å². The van der Waals surface area contributed by atoms with Crippen LogP contribution in [0.1, 0.15) is 54.4 Å². The summed E-state index contributed by atoms with van der Waals surface area (Å²) < 4.78 is 44.3. The van der Waals surface area contributed by atoms with E-state index in [1.807, 2.05) is 27.7 Å². The Morgan fingerprint density at radius 2 is 1.88 bits per heavy atom. The van der Waals surface area contributed by atoms with Crippen LogP contribution in [0, 0.1) is 5.82 Å². The third kappa shape index (κ3) is 2.35. The summed E-state index contributed by atoms with van der Waals surface area (Å²) in [5, 5.41) is 3.63. The van der Waals surface area contributed by atoms with Gasteiger partial charge in [-0.05, 0) is 69.6 Å². The third-order valence-electron chi connectivity index (χ3n) is 6.39. The van der Waals surface area contributed by atoms with Gasteiger partial charge in [0.1, 0.15) is 11.3 Å². The van der Waals surface area contributed by atoms with Crippen molar-refractivity contribution in [2.45, 2.75) is 70.2 Å². The molecule has 1 aliphatic carbocycles. The quantitative estimate of drug-likeness (QED) is 0.798. The van der Waals surface area contributed by atoms with Crippen LogP contribution < -0.4 is 10.8 Å². The second kappa shape index (κ2) is 5.06. The van der Waals surface area contributed by atoms with Gasteiger partial charge in [0.25, 0.3) is 0 Å². The summed E-state index contributed by atoms with van der Waals surface area (Å²) in [6, 6.07) is 3.16. The van der Waals surface area contributed by atoms with Crippen LogP contribution in [0.2, 0.25) is 0 Å². The van der Waals surface area contributed by atoms with Crippen molar-refractivity contribution in [3.05, 3.63) is 35.3 Å². The van der Waals surface area contributed by atoms with E-state index < -0.39 is 30.6 Å². The number of hydrogen-bond acceptors (Lipinski definition) is 4. The molecule has 0 amide bonds. The van der Waals surface area contributed by atoms with Crippen LogP contribution in [0.15, 0.2) is 18.3 Å². The smallest absolute Gasteiger partial charge is 0.399 e. The van der Waals surface area contributed by atoms with Crippen LogP contribution in [0.5, 0.6) is 0 Å². The Morgan fingerprint density at radius 1 is 1.19 bits per heavy atom. The number of nitrogens with zero attached hydrogens (tertiary/aromatic N) is 1. The molecule has 1 N–H and O–H groups in total. The number of hydrogen-bond donors (Lipinski definition) is 1. The van der Waals surface area contributed by atoms with Crippen molar-refractivity contribution in [3.8, 4) is 0 Å². The molecule has 1 aromatic heterocycles. The van der Waals surface area contributed by atoms with Crippen molar-refractivity contribution in [3.63, 3.8) is 0 Å². The standard InChI is InChI=1S/C20H24BFN2O2/c1-18(2)19(3,4)26-21(25-18)13-7-14-15-11-24-20(5-6-20)9-12(15)10-23-17(14)16(22)8-13/h7-8,10,24H,5-6,9,11H2,1-4H3/i11D2. The summed E-state index contributed by atoms with van der Waals surface area (Å²) in [6.45, 7) is 6.06. The molecule has 5 rings (SSSR count). The SMILES string of the molecule is [2H]C1([2H])NC2(CC2)Cc2cnc3c(F)cc(B4OC(C)(C)C(C)(C)O4)cc3c21. The summed E-state index contributed by atoms with van der Waals surface area (Å²) in [5.41, 5.74) is 0.801. The molecule has 3 heterocycles. The molecule has 0 radical (unpaired) electrons. The molecule has 3 aliphatic rings. The Morgan fingerprint density at radius 3 is 2.54 bits per heavy atom. The Kier molecular flexibility index (Phi) is 2.83. The molecule has 2 fully saturated rings. The zero-order valence-electron chi connectivity index (χ0n) is 17.6. The number of benzene rings is 1. The van der Waals surface area contributed by atoms with E-state index in [-0.39, 0.29) is 11.1 Å². The van der Waals surface area contributed by atoms with Gasteiger partial charge in [-0.15, -0.1) is 0 Å². The molecule has 2 aliphatic heterocycles. The Hall–Kier alpha value is -1.50. The average molecular weight is 356 g/mol. The fourth-order valence-electron chi connectivity index (χ4n) is 3.78. The number of fused-ring (bicyclic) bond motifs is 3. The number of halogens is 1. The molecule has 1 spiro atoms. The van der Waals surface area contributed by atoms with Crippen molar-refractivity contribution in [2.75, 3.05) is 0 Å². The van der Waals surface area contributed by atoms with Gasteiger partial charge in [0.15, 0.2) is 0 Å². The first-order valence-electron chi connectivity index (χ1n) is 10.2. The predicted molar refractivity (Wildman–Crippen MR) is 99.9 cm³/mol. The second-order valence-electron chi connectivity index (χ2n) is 8.85. The van der Waals surface area contributed by atoms with E-state index in [0.29, 0.717) is 22.8 Å². The van der Waals surface area contributed by atoms with Crippen LogP contribution in [-0.4, -0.2) is 28.8 Å². The lowest BCUT2D eigenvalue weighted by molar-refractivity contribution is 0.00578. The third-order valence-corrected chi connectivity index (χ3v) is 6.39. The topological polar surface area (TPSA) is 43.4 Å². The minimum atomic E-state index is -1.74. The van der Waals surface area contributed by atoms with Gasteiger partial charge in [0.2, 0.25) is 0 Å². The minimum Gasteiger partial charge on any atom is -0.399 e. The lowest BCUT2D eigenvalue weighted by atomic mass is 9.77. The van der Waals surface area contributed by atoms with Gasteiger partial charge >= 0.3 is 7.12 Å². The average Bonchev–Trinajstić information content (AvgIpc) is 3.24. The highest BCUT2D eigenvalue weighted by Crippen LogP contribution is 2.43. The molecule has 1 aromatic carbocycles.